The summed E-state index contributed by atoms with van der Waals surface area (Å²) in [6, 6.07) is 16.4. The summed E-state index contributed by atoms with van der Waals surface area (Å²) in [6.07, 6.45) is 0. The Hall–Kier alpha value is -1.83. The third-order valence-electron chi connectivity index (χ3n) is 2.82. The number of nitriles is 1. The van der Waals surface area contributed by atoms with Crippen LogP contribution in [0.15, 0.2) is 48.5 Å². The van der Waals surface area contributed by atoms with E-state index >= 15 is 0 Å². The second-order valence-corrected chi connectivity index (χ2v) is 6.38. The summed E-state index contributed by atoms with van der Waals surface area (Å²) in [4.78, 5) is 0. The van der Waals surface area contributed by atoms with Crippen LogP contribution < -0.4 is 4.74 Å². The SMILES string of the molecule is N#Cc1ccccc1OCCS(=O)Cc1ccc(Cl)cc1. The van der Waals surface area contributed by atoms with E-state index < -0.39 is 10.8 Å². The van der Waals surface area contributed by atoms with E-state index in [1.54, 1.807) is 36.4 Å². The fourth-order valence-electron chi connectivity index (χ4n) is 1.77. The molecule has 5 heteroatoms. The van der Waals surface area contributed by atoms with E-state index in [1.807, 2.05) is 12.1 Å². The first-order valence-corrected chi connectivity index (χ1v) is 8.27. The molecule has 0 saturated carbocycles. The predicted octanol–water partition coefficient (Wildman–Crippen LogP) is 3.54. The van der Waals surface area contributed by atoms with Gasteiger partial charge in [-0.1, -0.05) is 35.9 Å². The van der Waals surface area contributed by atoms with Crippen LogP contribution in [0.1, 0.15) is 11.1 Å². The lowest BCUT2D eigenvalue weighted by atomic mass is 10.2. The van der Waals surface area contributed by atoms with Gasteiger partial charge in [-0.25, -0.2) is 0 Å². The maximum atomic E-state index is 12.0. The molecule has 0 aliphatic carbocycles. The lowest BCUT2D eigenvalue weighted by Crippen LogP contribution is -2.10. The van der Waals surface area contributed by atoms with Gasteiger partial charge in [-0.2, -0.15) is 5.26 Å². The Kier molecular flexibility index (Phi) is 5.79. The summed E-state index contributed by atoms with van der Waals surface area (Å²) in [5, 5.41) is 9.61. The van der Waals surface area contributed by atoms with Crippen molar-refractivity contribution in [1.29, 1.82) is 5.26 Å². The summed E-state index contributed by atoms with van der Waals surface area (Å²) in [5.74, 6) is 1.42. The van der Waals surface area contributed by atoms with Crippen molar-refractivity contribution in [3.8, 4) is 11.8 Å². The van der Waals surface area contributed by atoms with Gasteiger partial charge in [0.15, 0.2) is 0 Å². The van der Waals surface area contributed by atoms with Crippen LogP contribution in [-0.4, -0.2) is 16.6 Å². The van der Waals surface area contributed by atoms with E-state index in [-0.39, 0.29) is 0 Å². The molecule has 1 atom stereocenters. The van der Waals surface area contributed by atoms with Gasteiger partial charge in [-0.05, 0) is 29.8 Å². The minimum Gasteiger partial charge on any atom is -0.491 e. The van der Waals surface area contributed by atoms with E-state index in [9.17, 15) is 4.21 Å². The van der Waals surface area contributed by atoms with Crippen LogP contribution in [0.3, 0.4) is 0 Å². The van der Waals surface area contributed by atoms with Gasteiger partial charge in [0.2, 0.25) is 0 Å². The molecule has 0 saturated heterocycles. The van der Waals surface area contributed by atoms with E-state index in [1.165, 1.54) is 0 Å². The second-order valence-electron chi connectivity index (χ2n) is 4.37. The van der Waals surface area contributed by atoms with Gasteiger partial charge in [0.05, 0.1) is 17.9 Å². The van der Waals surface area contributed by atoms with E-state index in [4.69, 9.17) is 21.6 Å². The Morgan fingerprint density at radius 3 is 2.57 bits per heavy atom. The zero-order valence-corrected chi connectivity index (χ0v) is 12.9. The number of rotatable bonds is 6. The highest BCUT2D eigenvalue weighted by molar-refractivity contribution is 7.84. The summed E-state index contributed by atoms with van der Waals surface area (Å²) in [5.41, 5.74) is 1.47. The molecule has 108 valence electrons. The Morgan fingerprint density at radius 1 is 1.14 bits per heavy atom. The van der Waals surface area contributed by atoms with Crippen molar-refractivity contribution < 1.29 is 8.95 Å². The topological polar surface area (TPSA) is 50.1 Å². The lowest BCUT2D eigenvalue weighted by Gasteiger charge is -2.07. The molecule has 21 heavy (non-hydrogen) atoms. The second kappa shape index (κ2) is 7.82. The van der Waals surface area contributed by atoms with Crippen LogP contribution in [0.25, 0.3) is 0 Å². The van der Waals surface area contributed by atoms with Crippen LogP contribution in [0, 0.1) is 11.3 Å². The third kappa shape index (κ3) is 4.89. The van der Waals surface area contributed by atoms with Crippen molar-refractivity contribution >= 4 is 22.4 Å². The molecule has 2 rings (SSSR count). The molecule has 3 nitrogen and oxygen atoms in total. The fraction of sp³-hybridized carbons (Fsp3) is 0.188. The maximum absolute atomic E-state index is 12.0. The van der Waals surface area contributed by atoms with Gasteiger partial charge in [0.25, 0.3) is 0 Å². The van der Waals surface area contributed by atoms with E-state index in [0.29, 0.717) is 34.4 Å². The molecule has 0 aliphatic heterocycles. The molecular formula is C16H14ClNO2S. The quantitative estimate of drug-likeness (QED) is 0.818. The third-order valence-corrected chi connectivity index (χ3v) is 4.35. The number of hydrogen-bond donors (Lipinski definition) is 0. The number of halogens is 1. The van der Waals surface area contributed by atoms with Gasteiger partial charge in [0, 0.05) is 21.6 Å². The van der Waals surface area contributed by atoms with Gasteiger partial charge < -0.3 is 4.74 Å². The molecular weight excluding hydrogens is 306 g/mol. The summed E-state index contributed by atoms with van der Waals surface area (Å²) < 4.78 is 17.5. The van der Waals surface area contributed by atoms with Gasteiger partial charge in [-0.15, -0.1) is 0 Å². The Morgan fingerprint density at radius 2 is 1.86 bits per heavy atom. The van der Waals surface area contributed by atoms with Crippen molar-refractivity contribution in [1.82, 2.24) is 0 Å². The minimum absolute atomic E-state index is 0.318. The molecule has 0 aliphatic rings. The predicted molar refractivity (Wildman–Crippen MR) is 84.8 cm³/mol. The summed E-state index contributed by atoms with van der Waals surface area (Å²) >= 11 is 5.81. The van der Waals surface area contributed by atoms with Crippen molar-refractivity contribution in [3.63, 3.8) is 0 Å². The molecule has 0 heterocycles. The van der Waals surface area contributed by atoms with E-state index in [0.717, 1.165) is 5.56 Å². The Labute approximate surface area is 131 Å². The number of benzene rings is 2. The molecule has 0 bridgehead atoms. The number of hydrogen-bond acceptors (Lipinski definition) is 3. The minimum atomic E-state index is -1.01. The normalized spacial score (nSPS) is 11.6. The fourth-order valence-corrected chi connectivity index (χ4v) is 2.87. The maximum Gasteiger partial charge on any atom is 0.137 e. The van der Waals surface area contributed by atoms with E-state index in [2.05, 4.69) is 6.07 Å². The Balaban J connectivity index is 1.82. The zero-order chi connectivity index (χ0) is 15.1. The monoisotopic (exact) mass is 319 g/mol. The molecule has 0 spiro atoms. The molecule has 0 amide bonds. The van der Waals surface area contributed by atoms with Gasteiger partial charge in [0.1, 0.15) is 11.8 Å². The van der Waals surface area contributed by atoms with Crippen LogP contribution >= 0.6 is 11.6 Å². The summed E-state index contributed by atoms with van der Waals surface area (Å²) in [7, 11) is -1.01. The lowest BCUT2D eigenvalue weighted by molar-refractivity contribution is 0.341. The number of ether oxygens (including phenoxy) is 1. The molecule has 2 aromatic carbocycles. The average Bonchev–Trinajstić information content (AvgIpc) is 2.50. The number of nitrogens with zero attached hydrogens (tertiary/aromatic N) is 1. The largest absolute Gasteiger partial charge is 0.491 e. The molecule has 2 aromatic rings. The molecule has 0 aromatic heterocycles. The van der Waals surface area contributed by atoms with Crippen LogP contribution in [0.5, 0.6) is 5.75 Å². The van der Waals surface area contributed by atoms with Crippen LogP contribution in [0.2, 0.25) is 5.02 Å². The van der Waals surface area contributed by atoms with Gasteiger partial charge in [-0.3, -0.25) is 4.21 Å². The van der Waals surface area contributed by atoms with Gasteiger partial charge >= 0.3 is 0 Å². The highest BCUT2D eigenvalue weighted by Gasteiger charge is 2.05. The standard InChI is InChI=1S/C16H14ClNO2S/c17-15-7-5-13(6-8-15)12-21(19)10-9-20-16-4-2-1-3-14(16)11-18/h1-8H,9-10,12H2. The molecule has 0 N–H and O–H groups in total. The van der Waals surface area contributed by atoms with Crippen molar-refractivity contribution in [2.75, 3.05) is 12.4 Å². The molecule has 0 fully saturated rings. The van der Waals surface area contributed by atoms with Crippen molar-refractivity contribution in [3.05, 3.63) is 64.7 Å². The van der Waals surface area contributed by atoms with Crippen LogP contribution in [0.4, 0.5) is 0 Å². The molecule has 1 unspecified atom stereocenters. The number of para-hydroxylation sites is 1. The first-order valence-electron chi connectivity index (χ1n) is 6.40. The first-order chi connectivity index (χ1) is 10.2. The van der Waals surface area contributed by atoms with Crippen molar-refractivity contribution in [2.24, 2.45) is 0 Å². The smallest absolute Gasteiger partial charge is 0.137 e. The van der Waals surface area contributed by atoms with Crippen LogP contribution in [-0.2, 0) is 16.6 Å². The first kappa shape index (κ1) is 15.6. The molecule has 0 radical (unpaired) electrons. The highest BCUT2D eigenvalue weighted by atomic mass is 35.5. The van der Waals surface area contributed by atoms with Crippen molar-refractivity contribution in [2.45, 2.75) is 5.75 Å². The average molecular weight is 320 g/mol. The zero-order valence-electron chi connectivity index (χ0n) is 11.3. The Bertz CT molecular complexity index is 665. The highest BCUT2D eigenvalue weighted by Crippen LogP contribution is 2.16. The summed E-state index contributed by atoms with van der Waals surface area (Å²) in [6.45, 7) is 0.318.